The number of carbonyl (C=O) groups is 1. The number of hydrogen-bond donors (Lipinski definition) is 2. The quantitative estimate of drug-likeness (QED) is 0.499. The van der Waals surface area contributed by atoms with E-state index >= 15 is 0 Å². The maximum Gasteiger partial charge on any atom is 0.211 e. The number of nitrogen functional groups attached to an aromatic ring is 1. The maximum absolute atomic E-state index is 10.8. The zero-order valence-electron chi connectivity index (χ0n) is 4.94. The highest BCUT2D eigenvalue weighted by molar-refractivity contribution is 7.81. The molecule has 0 saturated carbocycles. The second-order valence-corrected chi connectivity index (χ2v) is 2.64. The van der Waals surface area contributed by atoms with Crippen molar-refractivity contribution < 1.29 is 4.79 Å². The van der Waals surface area contributed by atoms with Crippen LogP contribution >= 0.6 is 24.2 Å². The molecule has 1 aromatic rings. The van der Waals surface area contributed by atoms with Crippen LogP contribution in [-0.4, -0.2) is 20.9 Å². The summed E-state index contributed by atoms with van der Waals surface area (Å²) < 4.78 is 3.69. The number of nitrogens with two attached hydrogens (primary N) is 1. The summed E-state index contributed by atoms with van der Waals surface area (Å²) in [6, 6.07) is 0. The van der Waals surface area contributed by atoms with Gasteiger partial charge in [-0.25, -0.2) is 0 Å². The van der Waals surface area contributed by atoms with Crippen molar-refractivity contribution in [2.24, 2.45) is 0 Å². The number of nitrogens with zero attached hydrogens (tertiary/aromatic N) is 2. The number of rotatable bonds is 2. The van der Waals surface area contributed by atoms with E-state index in [4.69, 9.17) is 5.73 Å². The highest BCUT2D eigenvalue weighted by Gasteiger charge is 2.08. The fourth-order valence-corrected chi connectivity index (χ4v) is 1.01. The van der Waals surface area contributed by atoms with Gasteiger partial charge in [0.05, 0.1) is 5.75 Å². The van der Waals surface area contributed by atoms with Crippen LogP contribution in [-0.2, 0) is 0 Å². The fraction of sp³-hybridized carbons (Fsp3) is 0.250. The van der Waals surface area contributed by atoms with E-state index in [-0.39, 0.29) is 17.4 Å². The molecule has 4 nitrogen and oxygen atoms in total. The molecule has 10 heavy (non-hydrogen) atoms. The Morgan fingerprint density at radius 1 is 1.80 bits per heavy atom. The van der Waals surface area contributed by atoms with E-state index in [1.54, 1.807) is 0 Å². The van der Waals surface area contributed by atoms with Gasteiger partial charge in [-0.2, -0.15) is 22.0 Å². The molecule has 0 radical (unpaired) electrons. The standard InChI is InChI=1S/C4H5N3OS2/c5-4-6-3(7-10-4)2(8)1-9/h9H,1H2,(H2,5,6,7). The second kappa shape index (κ2) is 2.98. The molecule has 0 bridgehead atoms. The van der Waals surface area contributed by atoms with Gasteiger partial charge in [-0.1, -0.05) is 0 Å². The molecule has 0 amide bonds. The molecule has 0 fully saturated rings. The smallest absolute Gasteiger partial charge is 0.211 e. The van der Waals surface area contributed by atoms with Crippen LogP contribution < -0.4 is 5.73 Å². The summed E-state index contributed by atoms with van der Waals surface area (Å²) in [5.74, 6) is 0.0877. The minimum atomic E-state index is -0.198. The van der Waals surface area contributed by atoms with Crippen molar-refractivity contribution >= 4 is 35.1 Å². The number of thiol groups is 1. The topological polar surface area (TPSA) is 68.9 Å². The van der Waals surface area contributed by atoms with Crippen LogP contribution in [0.1, 0.15) is 10.6 Å². The SMILES string of the molecule is Nc1nc(C(=O)CS)ns1. The molecule has 0 aliphatic rings. The van der Waals surface area contributed by atoms with Crippen molar-refractivity contribution in [1.82, 2.24) is 9.36 Å². The van der Waals surface area contributed by atoms with E-state index in [0.29, 0.717) is 5.13 Å². The molecular weight excluding hydrogens is 170 g/mol. The molecule has 1 aromatic heterocycles. The first-order chi connectivity index (χ1) is 4.74. The largest absolute Gasteiger partial charge is 0.374 e. The Labute approximate surface area is 67.0 Å². The van der Waals surface area contributed by atoms with E-state index in [2.05, 4.69) is 22.0 Å². The summed E-state index contributed by atoms with van der Waals surface area (Å²) in [5, 5.41) is 0.310. The van der Waals surface area contributed by atoms with Crippen molar-refractivity contribution in [3.63, 3.8) is 0 Å². The molecule has 54 valence electrons. The van der Waals surface area contributed by atoms with Gasteiger partial charge < -0.3 is 5.73 Å². The number of aromatic nitrogens is 2. The predicted molar refractivity (Wildman–Crippen MR) is 42.5 cm³/mol. The van der Waals surface area contributed by atoms with Crippen molar-refractivity contribution in [3.05, 3.63) is 5.82 Å². The van der Waals surface area contributed by atoms with Gasteiger partial charge in [-0.3, -0.25) is 4.79 Å². The van der Waals surface area contributed by atoms with Crippen LogP contribution in [0.15, 0.2) is 0 Å². The van der Waals surface area contributed by atoms with Gasteiger partial charge in [0.15, 0.2) is 5.13 Å². The Bertz CT molecular complexity index is 246. The van der Waals surface area contributed by atoms with Crippen LogP contribution in [0.4, 0.5) is 5.13 Å². The van der Waals surface area contributed by atoms with Gasteiger partial charge in [0.25, 0.3) is 0 Å². The second-order valence-electron chi connectivity index (χ2n) is 1.54. The first-order valence-electron chi connectivity index (χ1n) is 2.47. The molecular formula is C4H5N3OS2. The Hall–Kier alpha value is -0.620. The molecule has 0 aliphatic carbocycles. The zero-order chi connectivity index (χ0) is 7.56. The number of ketones is 1. The van der Waals surface area contributed by atoms with Crippen LogP contribution in [0, 0.1) is 0 Å². The maximum atomic E-state index is 10.8. The Balaban J connectivity index is 2.85. The van der Waals surface area contributed by atoms with Crippen LogP contribution in [0.5, 0.6) is 0 Å². The first kappa shape index (κ1) is 7.49. The highest BCUT2D eigenvalue weighted by atomic mass is 32.1. The van der Waals surface area contributed by atoms with E-state index in [1.165, 1.54) is 0 Å². The van der Waals surface area contributed by atoms with Crippen molar-refractivity contribution in [2.75, 3.05) is 11.5 Å². The Kier molecular flexibility index (Phi) is 2.23. The van der Waals surface area contributed by atoms with Gasteiger partial charge >= 0.3 is 0 Å². The van der Waals surface area contributed by atoms with Gasteiger partial charge in [-0.05, 0) is 0 Å². The monoisotopic (exact) mass is 175 g/mol. The fourth-order valence-electron chi connectivity index (χ4n) is 0.419. The third-order valence-electron chi connectivity index (χ3n) is 0.835. The van der Waals surface area contributed by atoms with Crippen LogP contribution in [0.3, 0.4) is 0 Å². The minimum absolute atomic E-state index is 0.121. The summed E-state index contributed by atoms with van der Waals surface area (Å²) in [6.07, 6.45) is 0. The molecule has 0 atom stereocenters. The lowest BCUT2D eigenvalue weighted by Crippen LogP contribution is -2.02. The zero-order valence-corrected chi connectivity index (χ0v) is 6.65. The molecule has 1 heterocycles. The average molecular weight is 175 g/mol. The van der Waals surface area contributed by atoms with Gasteiger partial charge in [-0.15, -0.1) is 0 Å². The Morgan fingerprint density at radius 2 is 2.50 bits per heavy atom. The lowest BCUT2D eigenvalue weighted by molar-refractivity contribution is 0.101. The number of carbonyl (C=O) groups excluding carboxylic acids is 1. The molecule has 1 rings (SSSR count). The van der Waals surface area contributed by atoms with Crippen molar-refractivity contribution in [3.8, 4) is 0 Å². The molecule has 0 unspecified atom stereocenters. The summed E-state index contributed by atoms with van der Waals surface area (Å²) in [7, 11) is 0. The van der Waals surface area contributed by atoms with Gasteiger partial charge in [0, 0.05) is 11.5 Å². The molecule has 0 saturated heterocycles. The van der Waals surface area contributed by atoms with Crippen LogP contribution in [0.25, 0.3) is 0 Å². The molecule has 2 N–H and O–H groups in total. The van der Waals surface area contributed by atoms with E-state index < -0.39 is 0 Å². The average Bonchev–Trinajstić information content (AvgIpc) is 2.34. The molecule has 6 heteroatoms. The Morgan fingerprint density at radius 3 is 2.90 bits per heavy atom. The minimum Gasteiger partial charge on any atom is -0.374 e. The third-order valence-corrected chi connectivity index (χ3v) is 1.66. The van der Waals surface area contributed by atoms with Gasteiger partial charge in [0.2, 0.25) is 11.6 Å². The molecule has 0 aromatic carbocycles. The van der Waals surface area contributed by atoms with Crippen molar-refractivity contribution in [1.29, 1.82) is 0 Å². The van der Waals surface area contributed by atoms with Crippen molar-refractivity contribution in [2.45, 2.75) is 0 Å². The summed E-state index contributed by atoms with van der Waals surface area (Å²) in [4.78, 5) is 14.4. The number of Topliss-reactive ketones (excluding diaryl/α,β-unsaturated/α-hetero) is 1. The lowest BCUT2D eigenvalue weighted by Gasteiger charge is -1.83. The molecule has 0 aliphatic heterocycles. The summed E-state index contributed by atoms with van der Waals surface area (Å²) in [6.45, 7) is 0. The summed E-state index contributed by atoms with van der Waals surface area (Å²) in [5.41, 5.74) is 5.24. The normalized spacial score (nSPS) is 9.70. The van der Waals surface area contributed by atoms with E-state index in [0.717, 1.165) is 11.5 Å². The third kappa shape index (κ3) is 1.45. The first-order valence-corrected chi connectivity index (χ1v) is 3.88. The van der Waals surface area contributed by atoms with Gasteiger partial charge in [0.1, 0.15) is 0 Å². The summed E-state index contributed by atoms with van der Waals surface area (Å²) >= 11 is 4.78. The number of anilines is 1. The molecule has 0 spiro atoms. The van der Waals surface area contributed by atoms with E-state index in [9.17, 15) is 4.79 Å². The van der Waals surface area contributed by atoms with E-state index in [1.807, 2.05) is 0 Å². The number of hydrogen-bond acceptors (Lipinski definition) is 6. The highest BCUT2D eigenvalue weighted by Crippen LogP contribution is 2.05. The predicted octanol–water partition coefficient (Wildman–Crippen LogP) is 0.233. The lowest BCUT2D eigenvalue weighted by atomic mass is 10.4. The van der Waals surface area contributed by atoms with Crippen LogP contribution in [0.2, 0.25) is 0 Å².